The number of carbonyl (C=O) groups is 1. The molecule has 172 valence electrons. The summed E-state index contributed by atoms with van der Waals surface area (Å²) >= 11 is 5.82. The molecule has 4 heterocycles. The van der Waals surface area contributed by atoms with Crippen LogP contribution in [0.1, 0.15) is 23.7 Å². The van der Waals surface area contributed by atoms with E-state index in [1.165, 1.54) is 29.0 Å². The molecule has 0 amide bonds. The summed E-state index contributed by atoms with van der Waals surface area (Å²) in [5.41, 5.74) is -0.336. The number of ketones is 1. The average molecular weight is 472 g/mol. The first-order chi connectivity index (χ1) is 15.1. The van der Waals surface area contributed by atoms with Gasteiger partial charge in [-0.3, -0.25) is 14.2 Å². The number of fused-ring (bicyclic) bond motifs is 1. The van der Waals surface area contributed by atoms with E-state index in [0.29, 0.717) is 19.8 Å². The number of nitrogens with zero attached hydrogens (tertiary/aromatic N) is 5. The highest BCUT2D eigenvalue weighted by atomic mass is 35.5. The second kappa shape index (κ2) is 8.70. The lowest BCUT2D eigenvalue weighted by molar-refractivity contribution is -0.152. The van der Waals surface area contributed by atoms with E-state index in [9.17, 15) is 22.8 Å². The summed E-state index contributed by atoms with van der Waals surface area (Å²) in [6.45, 7) is 2.41. The molecular formula is C20H21ClF3N5O3. The fourth-order valence-electron chi connectivity index (χ4n) is 4.02. The van der Waals surface area contributed by atoms with E-state index >= 15 is 0 Å². The lowest BCUT2D eigenvalue weighted by atomic mass is 10.1. The largest absolute Gasteiger partial charge is 0.408 e. The van der Waals surface area contributed by atoms with E-state index in [0.717, 1.165) is 4.90 Å². The van der Waals surface area contributed by atoms with Crippen LogP contribution in [0.25, 0.3) is 0 Å². The Morgan fingerprint density at radius 3 is 2.78 bits per heavy atom. The van der Waals surface area contributed by atoms with Crippen molar-refractivity contribution < 1.29 is 22.7 Å². The third-order valence-electron chi connectivity index (χ3n) is 5.64. The maximum Gasteiger partial charge on any atom is 0.408 e. The van der Waals surface area contributed by atoms with Crippen LogP contribution in [0.4, 0.5) is 24.9 Å². The summed E-state index contributed by atoms with van der Waals surface area (Å²) in [5, 5.41) is 0.0557. The molecule has 2 aromatic rings. The zero-order chi connectivity index (χ0) is 23.0. The number of morpholine rings is 1. The van der Waals surface area contributed by atoms with Crippen LogP contribution in [0.2, 0.25) is 5.15 Å². The molecule has 1 saturated heterocycles. The number of rotatable bonds is 4. The number of aromatic nitrogens is 3. The number of Topliss-reactive ketones (excluding diaryl/α,β-unsaturated/α-hetero) is 1. The van der Waals surface area contributed by atoms with Gasteiger partial charge in [0.1, 0.15) is 17.0 Å². The molecule has 4 rings (SSSR count). The lowest BCUT2D eigenvalue weighted by Crippen LogP contribution is -2.54. The van der Waals surface area contributed by atoms with Gasteiger partial charge in [0.2, 0.25) is 5.95 Å². The minimum absolute atomic E-state index is 0.0557. The molecule has 1 unspecified atom stereocenters. The normalized spacial score (nSPS) is 21.4. The van der Waals surface area contributed by atoms with Crippen molar-refractivity contribution in [3.05, 3.63) is 45.5 Å². The average Bonchev–Trinajstić information content (AvgIpc) is 2.73. The van der Waals surface area contributed by atoms with Gasteiger partial charge in [-0.2, -0.15) is 18.2 Å². The third kappa shape index (κ3) is 4.44. The molecule has 2 aliphatic rings. The predicted molar refractivity (Wildman–Crippen MR) is 112 cm³/mol. The standard InChI is InChI=1S/C20H21ClF3N5O3/c1-12-11-32-7-6-27(12)17-9-18(31)28-5-3-15(20(22,23)24)29(19(28)26-17)10-14(30)13-2-4-25-16(21)8-13/h2,4,8-9,12,15H,3,5-7,10-11H2,1H3/t12-,15?/m1/s1. The zero-order valence-electron chi connectivity index (χ0n) is 17.2. The van der Waals surface area contributed by atoms with E-state index in [1.807, 2.05) is 11.8 Å². The molecule has 12 heteroatoms. The molecule has 32 heavy (non-hydrogen) atoms. The van der Waals surface area contributed by atoms with E-state index < -0.39 is 30.1 Å². The Balaban J connectivity index is 1.76. The Labute approximate surface area is 186 Å². The van der Waals surface area contributed by atoms with Gasteiger partial charge in [0.25, 0.3) is 5.56 Å². The Morgan fingerprint density at radius 1 is 1.31 bits per heavy atom. The van der Waals surface area contributed by atoms with Gasteiger partial charge in [-0.05, 0) is 25.5 Å². The maximum absolute atomic E-state index is 13.9. The van der Waals surface area contributed by atoms with Crippen LogP contribution >= 0.6 is 11.6 Å². The quantitative estimate of drug-likeness (QED) is 0.500. The molecule has 0 aromatic carbocycles. The van der Waals surface area contributed by atoms with Gasteiger partial charge < -0.3 is 14.5 Å². The third-order valence-corrected chi connectivity index (χ3v) is 5.84. The monoisotopic (exact) mass is 471 g/mol. The van der Waals surface area contributed by atoms with Crippen molar-refractivity contribution in [2.45, 2.75) is 38.1 Å². The van der Waals surface area contributed by atoms with Crippen LogP contribution in [-0.4, -0.2) is 64.9 Å². The van der Waals surface area contributed by atoms with Gasteiger partial charge >= 0.3 is 6.18 Å². The number of ether oxygens (including phenoxy) is 1. The van der Waals surface area contributed by atoms with Crippen molar-refractivity contribution in [3.63, 3.8) is 0 Å². The number of hydrogen-bond donors (Lipinski definition) is 0. The summed E-state index contributed by atoms with van der Waals surface area (Å²) in [7, 11) is 0. The van der Waals surface area contributed by atoms with E-state index in [1.54, 1.807) is 0 Å². The second-order valence-electron chi connectivity index (χ2n) is 7.79. The number of pyridine rings is 1. The summed E-state index contributed by atoms with van der Waals surface area (Å²) in [6.07, 6.45) is -3.67. The highest BCUT2D eigenvalue weighted by molar-refractivity contribution is 6.29. The highest BCUT2D eigenvalue weighted by Gasteiger charge is 2.47. The second-order valence-corrected chi connectivity index (χ2v) is 8.17. The van der Waals surface area contributed by atoms with Gasteiger partial charge in [0, 0.05) is 30.9 Å². The SMILES string of the molecule is C[C@@H]1COCCN1c1cc(=O)n2c(n1)N(CC(=O)c1ccnc(Cl)c1)C(C(F)(F)F)CC2. The molecule has 0 spiro atoms. The number of alkyl halides is 3. The molecule has 2 aromatic heterocycles. The molecule has 0 radical (unpaired) electrons. The topological polar surface area (TPSA) is 80.6 Å². The zero-order valence-corrected chi connectivity index (χ0v) is 17.9. The number of halogens is 4. The van der Waals surface area contributed by atoms with Crippen molar-refractivity contribution in [2.75, 3.05) is 36.1 Å². The first-order valence-electron chi connectivity index (χ1n) is 10.1. The highest BCUT2D eigenvalue weighted by Crippen LogP contribution is 2.34. The molecule has 2 aliphatic heterocycles. The number of hydrogen-bond acceptors (Lipinski definition) is 7. The van der Waals surface area contributed by atoms with Crippen LogP contribution < -0.4 is 15.4 Å². The Morgan fingerprint density at radius 2 is 2.09 bits per heavy atom. The Kier molecular flexibility index (Phi) is 6.13. The number of carbonyl (C=O) groups excluding carboxylic acids is 1. The van der Waals surface area contributed by atoms with Crippen LogP contribution in [0.5, 0.6) is 0 Å². The van der Waals surface area contributed by atoms with Crippen molar-refractivity contribution >= 4 is 29.2 Å². The molecular weight excluding hydrogens is 451 g/mol. The summed E-state index contributed by atoms with van der Waals surface area (Å²) in [4.78, 5) is 36.5. The van der Waals surface area contributed by atoms with Crippen LogP contribution in [0.15, 0.2) is 29.2 Å². The molecule has 0 aliphatic carbocycles. The minimum atomic E-state index is -4.61. The van der Waals surface area contributed by atoms with Crippen molar-refractivity contribution in [1.82, 2.24) is 14.5 Å². The molecule has 0 bridgehead atoms. The van der Waals surface area contributed by atoms with E-state index in [4.69, 9.17) is 16.3 Å². The maximum atomic E-state index is 13.9. The number of anilines is 2. The Bertz CT molecular complexity index is 1080. The summed E-state index contributed by atoms with van der Waals surface area (Å²) in [6, 6.07) is 1.94. The minimum Gasteiger partial charge on any atom is -0.377 e. The van der Waals surface area contributed by atoms with Gasteiger partial charge in [-0.1, -0.05) is 11.6 Å². The Hall–Kier alpha value is -2.66. The molecule has 2 atom stereocenters. The van der Waals surface area contributed by atoms with Crippen molar-refractivity contribution in [1.29, 1.82) is 0 Å². The molecule has 8 nitrogen and oxygen atoms in total. The van der Waals surface area contributed by atoms with E-state index in [2.05, 4.69) is 9.97 Å². The van der Waals surface area contributed by atoms with Gasteiger partial charge in [-0.25, -0.2) is 4.98 Å². The van der Waals surface area contributed by atoms with Crippen LogP contribution in [-0.2, 0) is 11.3 Å². The van der Waals surface area contributed by atoms with Crippen molar-refractivity contribution in [2.24, 2.45) is 0 Å². The smallest absolute Gasteiger partial charge is 0.377 e. The summed E-state index contributed by atoms with van der Waals surface area (Å²) in [5.74, 6) is -0.492. The first kappa shape index (κ1) is 22.5. The predicted octanol–water partition coefficient (Wildman–Crippen LogP) is 2.54. The summed E-state index contributed by atoms with van der Waals surface area (Å²) < 4.78 is 48.3. The molecule has 0 saturated carbocycles. The molecule has 1 fully saturated rings. The van der Waals surface area contributed by atoms with Gasteiger partial charge in [-0.15, -0.1) is 0 Å². The molecule has 0 N–H and O–H groups in total. The lowest BCUT2D eigenvalue weighted by Gasteiger charge is -2.40. The van der Waals surface area contributed by atoms with Gasteiger partial charge in [0.15, 0.2) is 5.78 Å². The van der Waals surface area contributed by atoms with Crippen molar-refractivity contribution in [3.8, 4) is 0 Å². The fraction of sp³-hybridized carbons (Fsp3) is 0.500. The van der Waals surface area contributed by atoms with Crippen LogP contribution in [0.3, 0.4) is 0 Å². The van der Waals surface area contributed by atoms with E-state index in [-0.39, 0.29) is 41.5 Å². The fourth-order valence-corrected chi connectivity index (χ4v) is 4.19. The van der Waals surface area contributed by atoms with Crippen LogP contribution in [0, 0.1) is 0 Å². The first-order valence-corrected chi connectivity index (χ1v) is 10.5. The van der Waals surface area contributed by atoms with Gasteiger partial charge in [0.05, 0.1) is 25.8 Å².